The first-order valence-corrected chi connectivity index (χ1v) is 5.08. The molecule has 82 valence electrons. The largest absolute Gasteiger partial charge is 0.481 e. The van der Waals surface area contributed by atoms with E-state index < -0.39 is 0 Å². The van der Waals surface area contributed by atoms with Gasteiger partial charge in [-0.2, -0.15) is 0 Å². The van der Waals surface area contributed by atoms with E-state index in [1.165, 1.54) is 0 Å². The third-order valence-electron chi connectivity index (χ3n) is 2.58. The van der Waals surface area contributed by atoms with Crippen LogP contribution >= 0.6 is 0 Å². The third kappa shape index (κ3) is 1.84. The van der Waals surface area contributed by atoms with Gasteiger partial charge < -0.3 is 10.5 Å². The minimum atomic E-state index is 0.596. The Balaban J connectivity index is 2.54. The molecule has 16 heavy (non-hydrogen) atoms. The van der Waals surface area contributed by atoms with E-state index >= 15 is 0 Å². The molecule has 1 heterocycles. The number of ether oxygens (including phenoxy) is 1. The normalized spacial score (nSPS) is 10.1. The van der Waals surface area contributed by atoms with Crippen LogP contribution in [0.3, 0.4) is 0 Å². The summed E-state index contributed by atoms with van der Waals surface area (Å²) in [4.78, 5) is 4.07. The molecule has 0 unspecified atom stereocenters. The van der Waals surface area contributed by atoms with Crippen molar-refractivity contribution in [3.8, 4) is 17.0 Å². The highest BCUT2D eigenvalue weighted by molar-refractivity contribution is 5.78. The van der Waals surface area contributed by atoms with Crippen LogP contribution in [0, 0.1) is 6.92 Å². The van der Waals surface area contributed by atoms with E-state index in [0.717, 1.165) is 22.4 Å². The first kappa shape index (κ1) is 10.5. The van der Waals surface area contributed by atoms with Crippen molar-refractivity contribution in [2.24, 2.45) is 0 Å². The van der Waals surface area contributed by atoms with Crippen LogP contribution in [0.1, 0.15) is 5.56 Å². The van der Waals surface area contributed by atoms with Crippen molar-refractivity contribution in [1.29, 1.82) is 0 Å². The summed E-state index contributed by atoms with van der Waals surface area (Å²) in [6.07, 6.45) is 1.72. The van der Waals surface area contributed by atoms with E-state index in [9.17, 15) is 0 Å². The molecule has 3 nitrogen and oxygen atoms in total. The zero-order valence-corrected chi connectivity index (χ0v) is 9.40. The van der Waals surface area contributed by atoms with Crippen LogP contribution in [0.15, 0.2) is 36.5 Å². The molecule has 0 fully saturated rings. The molecule has 2 aromatic rings. The van der Waals surface area contributed by atoms with E-state index in [2.05, 4.69) is 4.98 Å². The highest BCUT2D eigenvalue weighted by atomic mass is 16.5. The number of aromatic nitrogens is 1. The van der Waals surface area contributed by atoms with Crippen LogP contribution in [0.4, 0.5) is 5.69 Å². The number of pyridine rings is 1. The smallest absolute Gasteiger partial charge is 0.213 e. The number of nitrogens with zero attached hydrogens (tertiary/aromatic N) is 1. The fraction of sp³-hybridized carbons (Fsp3) is 0.154. The molecule has 0 radical (unpaired) electrons. The monoisotopic (exact) mass is 214 g/mol. The van der Waals surface area contributed by atoms with Crippen molar-refractivity contribution in [3.63, 3.8) is 0 Å². The maximum absolute atomic E-state index is 6.04. The summed E-state index contributed by atoms with van der Waals surface area (Å²) in [5, 5.41) is 0. The van der Waals surface area contributed by atoms with Crippen LogP contribution in [0.2, 0.25) is 0 Å². The fourth-order valence-corrected chi connectivity index (χ4v) is 1.62. The number of methoxy groups -OCH3 is 1. The van der Waals surface area contributed by atoms with E-state index in [1.807, 2.05) is 37.3 Å². The number of hydrogen-bond acceptors (Lipinski definition) is 3. The molecular weight excluding hydrogens is 200 g/mol. The van der Waals surface area contributed by atoms with Crippen molar-refractivity contribution in [2.75, 3.05) is 12.8 Å². The second kappa shape index (κ2) is 4.23. The van der Waals surface area contributed by atoms with Crippen molar-refractivity contribution in [2.45, 2.75) is 6.92 Å². The molecule has 0 aliphatic heterocycles. The zero-order chi connectivity index (χ0) is 11.5. The van der Waals surface area contributed by atoms with Gasteiger partial charge in [0.2, 0.25) is 5.88 Å². The molecule has 2 rings (SSSR count). The number of aryl methyl sites for hydroxylation is 1. The Morgan fingerprint density at radius 2 is 2.06 bits per heavy atom. The minimum absolute atomic E-state index is 0.596. The first-order chi connectivity index (χ1) is 7.72. The molecule has 1 aromatic carbocycles. The number of nitrogens with two attached hydrogens (primary N) is 1. The number of nitrogen functional groups attached to an aromatic ring is 1. The summed E-state index contributed by atoms with van der Waals surface area (Å²) in [6.45, 7) is 2.00. The average molecular weight is 214 g/mol. The van der Waals surface area contributed by atoms with Crippen LogP contribution < -0.4 is 10.5 Å². The van der Waals surface area contributed by atoms with Crippen molar-refractivity contribution >= 4 is 5.69 Å². The van der Waals surface area contributed by atoms with Gasteiger partial charge in [0.1, 0.15) is 0 Å². The maximum atomic E-state index is 6.04. The Morgan fingerprint density at radius 3 is 2.81 bits per heavy atom. The molecule has 0 atom stereocenters. The number of para-hydroxylation sites is 1. The summed E-state index contributed by atoms with van der Waals surface area (Å²) in [7, 11) is 1.60. The lowest BCUT2D eigenvalue weighted by molar-refractivity contribution is 0.398. The molecule has 0 amide bonds. The van der Waals surface area contributed by atoms with Crippen molar-refractivity contribution < 1.29 is 4.74 Å². The molecule has 0 saturated heterocycles. The molecule has 0 aliphatic rings. The fourth-order valence-electron chi connectivity index (χ4n) is 1.62. The Morgan fingerprint density at radius 1 is 1.25 bits per heavy atom. The van der Waals surface area contributed by atoms with Gasteiger partial charge in [0.05, 0.1) is 7.11 Å². The SMILES string of the molecule is COc1cc(-c2cccc(C)c2N)ccn1. The summed E-state index contributed by atoms with van der Waals surface area (Å²) < 4.78 is 5.09. The Kier molecular flexibility index (Phi) is 2.77. The van der Waals surface area contributed by atoms with Crippen LogP contribution in [-0.2, 0) is 0 Å². The van der Waals surface area contributed by atoms with Gasteiger partial charge in [0, 0.05) is 23.5 Å². The lowest BCUT2D eigenvalue weighted by Crippen LogP contribution is -1.94. The number of hydrogen-bond donors (Lipinski definition) is 1. The highest BCUT2D eigenvalue weighted by Gasteiger charge is 2.05. The average Bonchev–Trinajstić information content (AvgIpc) is 2.33. The molecule has 3 heteroatoms. The summed E-state index contributed by atoms with van der Waals surface area (Å²) >= 11 is 0. The highest BCUT2D eigenvalue weighted by Crippen LogP contribution is 2.29. The Labute approximate surface area is 94.9 Å². The van der Waals surface area contributed by atoms with Gasteiger partial charge in [-0.05, 0) is 24.1 Å². The second-order valence-electron chi connectivity index (χ2n) is 3.62. The summed E-state index contributed by atoms with van der Waals surface area (Å²) in [5.74, 6) is 0.596. The standard InChI is InChI=1S/C13H14N2O/c1-9-4-3-5-11(13(9)14)10-6-7-15-12(8-10)16-2/h3-8H,14H2,1-2H3. The van der Waals surface area contributed by atoms with Crippen molar-refractivity contribution in [1.82, 2.24) is 4.98 Å². The molecule has 0 saturated carbocycles. The molecule has 0 bridgehead atoms. The number of rotatable bonds is 2. The van der Waals surface area contributed by atoms with E-state index in [4.69, 9.17) is 10.5 Å². The minimum Gasteiger partial charge on any atom is -0.481 e. The van der Waals surface area contributed by atoms with Gasteiger partial charge in [-0.3, -0.25) is 0 Å². The zero-order valence-electron chi connectivity index (χ0n) is 9.40. The predicted molar refractivity (Wildman–Crippen MR) is 65.4 cm³/mol. The topological polar surface area (TPSA) is 48.1 Å². The maximum Gasteiger partial charge on any atom is 0.213 e. The van der Waals surface area contributed by atoms with Crippen LogP contribution in [0.25, 0.3) is 11.1 Å². The van der Waals surface area contributed by atoms with Gasteiger partial charge in [-0.15, -0.1) is 0 Å². The van der Waals surface area contributed by atoms with Crippen LogP contribution in [-0.4, -0.2) is 12.1 Å². The lowest BCUT2D eigenvalue weighted by atomic mass is 10.0. The lowest BCUT2D eigenvalue weighted by Gasteiger charge is -2.09. The third-order valence-corrected chi connectivity index (χ3v) is 2.58. The predicted octanol–water partition coefficient (Wildman–Crippen LogP) is 2.65. The molecule has 0 spiro atoms. The quantitative estimate of drug-likeness (QED) is 0.782. The van der Waals surface area contributed by atoms with Gasteiger partial charge in [-0.1, -0.05) is 18.2 Å². The summed E-state index contributed by atoms with van der Waals surface area (Å²) in [5.41, 5.74) is 9.96. The molecular formula is C13H14N2O. The van der Waals surface area contributed by atoms with Gasteiger partial charge in [-0.25, -0.2) is 4.98 Å². The number of benzene rings is 1. The number of anilines is 1. The first-order valence-electron chi connectivity index (χ1n) is 5.08. The van der Waals surface area contributed by atoms with Gasteiger partial charge >= 0.3 is 0 Å². The molecule has 1 aromatic heterocycles. The second-order valence-corrected chi connectivity index (χ2v) is 3.62. The van der Waals surface area contributed by atoms with E-state index in [1.54, 1.807) is 13.3 Å². The van der Waals surface area contributed by atoms with Crippen molar-refractivity contribution in [3.05, 3.63) is 42.1 Å². The van der Waals surface area contributed by atoms with E-state index in [-0.39, 0.29) is 0 Å². The molecule has 2 N–H and O–H groups in total. The van der Waals surface area contributed by atoms with Gasteiger partial charge in [0.25, 0.3) is 0 Å². The Bertz CT molecular complexity index is 509. The van der Waals surface area contributed by atoms with Crippen LogP contribution in [0.5, 0.6) is 5.88 Å². The summed E-state index contributed by atoms with van der Waals surface area (Å²) in [6, 6.07) is 9.79. The van der Waals surface area contributed by atoms with Gasteiger partial charge in [0.15, 0.2) is 0 Å². The van der Waals surface area contributed by atoms with E-state index in [0.29, 0.717) is 5.88 Å². The Hall–Kier alpha value is -2.03. The molecule has 0 aliphatic carbocycles.